The molecule has 1 atom stereocenters. The molecule has 0 amide bonds. The van der Waals surface area contributed by atoms with Crippen molar-refractivity contribution in [2.24, 2.45) is 4.99 Å². The smallest absolute Gasteiger partial charge is 0.219 e. The van der Waals surface area contributed by atoms with Crippen LogP contribution in [0, 0.1) is 5.82 Å². The maximum absolute atomic E-state index is 13.3. The summed E-state index contributed by atoms with van der Waals surface area (Å²) in [5, 5.41) is 6.69. The van der Waals surface area contributed by atoms with Crippen LogP contribution in [0.3, 0.4) is 0 Å². The van der Waals surface area contributed by atoms with Crippen LogP contribution in [0.15, 0.2) is 47.6 Å². The van der Waals surface area contributed by atoms with Crippen molar-refractivity contribution in [3.8, 4) is 11.6 Å². The molecule has 3 rings (SSSR count). The number of nitrogens with one attached hydrogen (secondary N) is 2. The third-order valence-electron chi connectivity index (χ3n) is 4.81. The molecule has 0 aliphatic carbocycles. The molecule has 1 aliphatic rings. The number of morpholine rings is 1. The van der Waals surface area contributed by atoms with E-state index in [4.69, 9.17) is 9.47 Å². The SMILES string of the molecule is CCNC(=NCc1ccc(Oc2cccc(F)c2)nc1)NCC(C)N1CCOCC1.I. The Morgan fingerprint density at radius 2 is 2.06 bits per heavy atom. The summed E-state index contributed by atoms with van der Waals surface area (Å²) in [6, 6.07) is 10.1. The second-order valence-corrected chi connectivity index (χ2v) is 7.14. The fourth-order valence-corrected chi connectivity index (χ4v) is 3.12. The number of rotatable bonds is 8. The number of hydrogen-bond acceptors (Lipinski definition) is 5. The molecule has 1 aliphatic heterocycles. The van der Waals surface area contributed by atoms with Crippen molar-refractivity contribution in [3.05, 3.63) is 54.0 Å². The molecule has 31 heavy (non-hydrogen) atoms. The first-order valence-electron chi connectivity index (χ1n) is 10.4. The molecule has 0 radical (unpaired) electrons. The Bertz CT molecular complexity index is 816. The Kier molecular flexibility index (Phi) is 11.0. The molecule has 1 saturated heterocycles. The standard InChI is InChI=1S/C22H30FN5O2.HI/c1-3-24-22(26-14-17(2)28-9-11-29-12-10-28)27-16-18-7-8-21(25-15-18)30-20-6-4-5-19(23)13-20;/h4-8,13,15,17H,3,9-12,14,16H2,1-2H3,(H2,24,26,27);1H. The summed E-state index contributed by atoms with van der Waals surface area (Å²) in [5.74, 6) is 1.27. The fourth-order valence-electron chi connectivity index (χ4n) is 3.12. The van der Waals surface area contributed by atoms with E-state index < -0.39 is 0 Å². The number of hydrogen-bond donors (Lipinski definition) is 2. The van der Waals surface area contributed by atoms with Gasteiger partial charge >= 0.3 is 0 Å². The number of guanidine groups is 1. The Balaban J connectivity index is 0.00000341. The molecular formula is C22H31FIN5O2. The van der Waals surface area contributed by atoms with E-state index in [1.54, 1.807) is 24.4 Å². The van der Waals surface area contributed by atoms with E-state index in [1.807, 2.05) is 13.0 Å². The van der Waals surface area contributed by atoms with Crippen molar-refractivity contribution >= 4 is 29.9 Å². The van der Waals surface area contributed by atoms with Gasteiger partial charge < -0.3 is 20.1 Å². The minimum atomic E-state index is -0.343. The zero-order valence-electron chi connectivity index (χ0n) is 18.0. The summed E-state index contributed by atoms with van der Waals surface area (Å²) >= 11 is 0. The monoisotopic (exact) mass is 543 g/mol. The van der Waals surface area contributed by atoms with Gasteiger partial charge in [0.15, 0.2) is 5.96 Å². The Hall–Kier alpha value is -1.98. The first-order valence-corrected chi connectivity index (χ1v) is 10.4. The minimum Gasteiger partial charge on any atom is -0.439 e. The zero-order valence-corrected chi connectivity index (χ0v) is 20.3. The lowest BCUT2D eigenvalue weighted by molar-refractivity contribution is 0.0211. The summed E-state index contributed by atoms with van der Waals surface area (Å²) in [4.78, 5) is 11.4. The van der Waals surface area contributed by atoms with E-state index in [9.17, 15) is 4.39 Å². The van der Waals surface area contributed by atoms with Crippen LogP contribution in [-0.4, -0.2) is 61.3 Å². The van der Waals surface area contributed by atoms with Crippen molar-refractivity contribution in [2.75, 3.05) is 39.4 Å². The second-order valence-electron chi connectivity index (χ2n) is 7.14. The molecule has 0 spiro atoms. The molecule has 170 valence electrons. The van der Waals surface area contributed by atoms with Crippen LogP contribution in [0.4, 0.5) is 4.39 Å². The molecule has 2 aromatic rings. The summed E-state index contributed by atoms with van der Waals surface area (Å²) in [7, 11) is 0. The van der Waals surface area contributed by atoms with Crippen LogP contribution in [-0.2, 0) is 11.3 Å². The Labute approximate surface area is 200 Å². The summed E-state index contributed by atoms with van der Waals surface area (Å²) < 4.78 is 24.3. The highest BCUT2D eigenvalue weighted by molar-refractivity contribution is 14.0. The highest BCUT2D eigenvalue weighted by atomic mass is 127. The summed E-state index contributed by atoms with van der Waals surface area (Å²) in [6.45, 7) is 9.87. The van der Waals surface area contributed by atoms with Crippen LogP contribution < -0.4 is 15.4 Å². The number of pyridine rings is 1. The van der Waals surface area contributed by atoms with Gasteiger partial charge in [-0.3, -0.25) is 4.90 Å². The van der Waals surface area contributed by atoms with E-state index in [-0.39, 0.29) is 29.8 Å². The van der Waals surface area contributed by atoms with Gasteiger partial charge in [0.05, 0.1) is 19.8 Å². The van der Waals surface area contributed by atoms with E-state index in [0.29, 0.717) is 24.2 Å². The zero-order chi connectivity index (χ0) is 21.2. The minimum absolute atomic E-state index is 0. The average molecular weight is 543 g/mol. The molecule has 9 heteroatoms. The molecule has 1 aromatic carbocycles. The van der Waals surface area contributed by atoms with Gasteiger partial charge in [0.25, 0.3) is 0 Å². The molecule has 1 fully saturated rings. The van der Waals surface area contributed by atoms with Gasteiger partial charge in [-0.2, -0.15) is 0 Å². The number of nitrogens with zero attached hydrogens (tertiary/aromatic N) is 3. The molecule has 0 saturated carbocycles. The van der Waals surface area contributed by atoms with E-state index in [0.717, 1.165) is 50.9 Å². The van der Waals surface area contributed by atoms with Crippen molar-refractivity contribution in [1.82, 2.24) is 20.5 Å². The third-order valence-corrected chi connectivity index (χ3v) is 4.81. The normalized spacial score (nSPS) is 15.6. The van der Waals surface area contributed by atoms with Crippen LogP contribution in [0.5, 0.6) is 11.6 Å². The second kappa shape index (κ2) is 13.4. The largest absolute Gasteiger partial charge is 0.439 e. The summed E-state index contributed by atoms with van der Waals surface area (Å²) in [6.07, 6.45) is 1.72. The van der Waals surface area contributed by atoms with Crippen LogP contribution in [0.1, 0.15) is 19.4 Å². The van der Waals surface area contributed by atoms with Crippen LogP contribution in [0.2, 0.25) is 0 Å². The van der Waals surface area contributed by atoms with E-state index >= 15 is 0 Å². The summed E-state index contributed by atoms with van der Waals surface area (Å²) in [5.41, 5.74) is 0.958. The molecule has 7 nitrogen and oxygen atoms in total. The van der Waals surface area contributed by atoms with Gasteiger partial charge in [0.1, 0.15) is 11.6 Å². The van der Waals surface area contributed by atoms with Gasteiger partial charge in [-0.1, -0.05) is 12.1 Å². The van der Waals surface area contributed by atoms with Crippen LogP contribution in [0.25, 0.3) is 0 Å². The van der Waals surface area contributed by atoms with Gasteiger partial charge in [0.2, 0.25) is 5.88 Å². The lowest BCUT2D eigenvalue weighted by Crippen LogP contribution is -2.49. The third kappa shape index (κ3) is 8.58. The first kappa shape index (κ1) is 25.3. The van der Waals surface area contributed by atoms with Crippen molar-refractivity contribution in [3.63, 3.8) is 0 Å². The Morgan fingerprint density at radius 1 is 1.26 bits per heavy atom. The van der Waals surface area contributed by atoms with Crippen molar-refractivity contribution in [2.45, 2.75) is 26.4 Å². The topological polar surface area (TPSA) is 71.0 Å². The lowest BCUT2D eigenvalue weighted by atomic mass is 10.2. The number of aliphatic imine (C=N–C) groups is 1. The molecule has 1 aromatic heterocycles. The number of ether oxygens (including phenoxy) is 2. The predicted molar refractivity (Wildman–Crippen MR) is 131 cm³/mol. The van der Waals surface area contributed by atoms with Gasteiger partial charge in [0, 0.05) is 50.6 Å². The van der Waals surface area contributed by atoms with Crippen LogP contribution >= 0.6 is 24.0 Å². The van der Waals surface area contributed by atoms with E-state index in [2.05, 4.69) is 32.4 Å². The lowest BCUT2D eigenvalue weighted by Gasteiger charge is -2.32. The molecule has 2 heterocycles. The van der Waals surface area contributed by atoms with E-state index in [1.165, 1.54) is 12.1 Å². The highest BCUT2D eigenvalue weighted by Gasteiger charge is 2.17. The maximum atomic E-state index is 13.3. The molecular weight excluding hydrogens is 512 g/mol. The maximum Gasteiger partial charge on any atom is 0.219 e. The average Bonchev–Trinajstić information content (AvgIpc) is 2.77. The molecule has 1 unspecified atom stereocenters. The van der Waals surface area contributed by atoms with Gasteiger partial charge in [-0.15, -0.1) is 24.0 Å². The Morgan fingerprint density at radius 3 is 2.74 bits per heavy atom. The number of aromatic nitrogens is 1. The van der Waals surface area contributed by atoms with Gasteiger partial charge in [-0.05, 0) is 31.5 Å². The first-order chi connectivity index (χ1) is 14.6. The van der Waals surface area contributed by atoms with Crippen molar-refractivity contribution in [1.29, 1.82) is 0 Å². The predicted octanol–water partition coefficient (Wildman–Crippen LogP) is 3.41. The van der Waals surface area contributed by atoms with Crippen molar-refractivity contribution < 1.29 is 13.9 Å². The number of halogens is 2. The number of benzene rings is 1. The molecule has 0 bridgehead atoms. The molecule has 2 N–H and O–H groups in total. The van der Waals surface area contributed by atoms with Gasteiger partial charge in [-0.25, -0.2) is 14.4 Å². The fraction of sp³-hybridized carbons (Fsp3) is 0.455. The highest BCUT2D eigenvalue weighted by Crippen LogP contribution is 2.20. The quantitative estimate of drug-likeness (QED) is 0.302.